The van der Waals surface area contributed by atoms with Gasteiger partial charge in [0.1, 0.15) is 0 Å². The van der Waals surface area contributed by atoms with E-state index in [2.05, 4.69) is 24.3 Å². The van der Waals surface area contributed by atoms with Gasteiger partial charge in [-0.15, -0.1) is 0 Å². The van der Waals surface area contributed by atoms with Crippen LogP contribution in [0.2, 0.25) is 0 Å². The van der Waals surface area contributed by atoms with Crippen LogP contribution in [0.3, 0.4) is 0 Å². The van der Waals surface area contributed by atoms with E-state index < -0.39 is 0 Å². The van der Waals surface area contributed by atoms with Crippen molar-refractivity contribution in [1.29, 1.82) is 0 Å². The quantitative estimate of drug-likeness (QED) is 0.895. The van der Waals surface area contributed by atoms with Crippen molar-refractivity contribution in [3.05, 3.63) is 35.4 Å². The average molecular weight is 286 g/mol. The van der Waals surface area contributed by atoms with Crippen molar-refractivity contribution in [2.24, 2.45) is 5.92 Å². The van der Waals surface area contributed by atoms with Gasteiger partial charge in [-0.1, -0.05) is 37.1 Å². The minimum atomic E-state index is -0.185. The molecule has 1 saturated carbocycles. The third-order valence-corrected chi connectivity index (χ3v) is 6.12. The van der Waals surface area contributed by atoms with E-state index in [4.69, 9.17) is 4.74 Å². The first-order valence-corrected chi connectivity index (χ1v) is 8.67. The fourth-order valence-electron chi connectivity index (χ4n) is 5.00. The summed E-state index contributed by atoms with van der Waals surface area (Å²) in [5.74, 6) is 0.774. The summed E-state index contributed by atoms with van der Waals surface area (Å²) >= 11 is 0. The molecule has 1 saturated heterocycles. The Morgan fingerprint density at radius 2 is 1.95 bits per heavy atom. The van der Waals surface area contributed by atoms with Gasteiger partial charge in [-0.3, -0.25) is 0 Å². The maximum absolute atomic E-state index is 11.0. The van der Waals surface area contributed by atoms with E-state index >= 15 is 0 Å². The summed E-state index contributed by atoms with van der Waals surface area (Å²) < 4.78 is 6.13. The van der Waals surface area contributed by atoms with E-state index in [9.17, 15) is 5.11 Å². The summed E-state index contributed by atoms with van der Waals surface area (Å²) in [4.78, 5) is 0. The number of aliphatic hydroxyl groups excluding tert-OH is 1. The summed E-state index contributed by atoms with van der Waals surface area (Å²) in [7, 11) is 0. The molecule has 0 aromatic heterocycles. The van der Waals surface area contributed by atoms with Crippen molar-refractivity contribution in [3.8, 4) is 0 Å². The second kappa shape index (κ2) is 5.40. The summed E-state index contributed by atoms with van der Waals surface area (Å²) in [5, 5.41) is 11.0. The predicted octanol–water partition coefficient (Wildman–Crippen LogP) is 3.82. The first-order valence-electron chi connectivity index (χ1n) is 8.67. The monoisotopic (exact) mass is 286 g/mol. The summed E-state index contributed by atoms with van der Waals surface area (Å²) in [5.41, 5.74) is 2.96. The highest BCUT2D eigenvalue weighted by molar-refractivity contribution is 5.35. The molecule has 0 bridgehead atoms. The molecule has 2 nitrogen and oxygen atoms in total. The molecule has 2 fully saturated rings. The number of benzene rings is 1. The summed E-state index contributed by atoms with van der Waals surface area (Å²) in [6.45, 7) is 0.843. The minimum absolute atomic E-state index is 0.113. The maximum atomic E-state index is 11.0. The first-order chi connectivity index (χ1) is 10.3. The Labute approximate surface area is 127 Å². The van der Waals surface area contributed by atoms with E-state index in [1.54, 1.807) is 0 Å². The van der Waals surface area contributed by atoms with Crippen molar-refractivity contribution in [3.63, 3.8) is 0 Å². The van der Waals surface area contributed by atoms with Gasteiger partial charge in [-0.05, 0) is 55.6 Å². The molecule has 0 radical (unpaired) electrons. The topological polar surface area (TPSA) is 29.5 Å². The van der Waals surface area contributed by atoms with Crippen LogP contribution in [0.25, 0.3) is 0 Å². The first kappa shape index (κ1) is 13.8. The van der Waals surface area contributed by atoms with E-state index in [1.165, 1.54) is 36.8 Å². The molecule has 1 spiro atoms. The molecule has 114 valence electrons. The Morgan fingerprint density at radius 1 is 1.14 bits per heavy atom. The van der Waals surface area contributed by atoms with Crippen LogP contribution in [0.5, 0.6) is 0 Å². The highest BCUT2D eigenvalue weighted by Gasteiger charge is 2.44. The molecule has 1 aromatic rings. The van der Waals surface area contributed by atoms with E-state index in [0.717, 1.165) is 32.3 Å². The second-order valence-corrected chi connectivity index (χ2v) is 7.33. The Kier molecular flexibility index (Phi) is 3.55. The molecule has 0 amide bonds. The van der Waals surface area contributed by atoms with Gasteiger partial charge in [-0.25, -0.2) is 0 Å². The Balaban J connectivity index is 1.51. The molecule has 3 atom stereocenters. The molecular formula is C19H26O2. The number of ether oxygens (including phenoxy) is 1. The minimum Gasteiger partial charge on any atom is -0.392 e. The highest BCUT2D eigenvalue weighted by Crippen LogP contribution is 2.46. The van der Waals surface area contributed by atoms with Gasteiger partial charge in [0.15, 0.2) is 0 Å². The SMILES string of the molecule is OC(C1CCOC2(CCCC2)C1)C1CCc2ccccc21. The van der Waals surface area contributed by atoms with Crippen LogP contribution in [-0.2, 0) is 11.2 Å². The molecule has 2 aliphatic carbocycles. The lowest BCUT2D eigenvalue weighted by Crippen LogP contribution is -2.42. The Hall–Kier alpha value is -0.860. The molecule has 21 heavy (non-hydrogen) atoms. The zero-order valence-electron chi connectivity index (χ0n) is 12.8. The lowest BCUT2D eigenvalue weighted by atomic mass is 9.77. The number of rotatable bonds is 2. The number of aliphatic hydroxyl groups is 1. The van der Waals surface area contributed by atoms with Crippen LogP contribution in [-0.4, -0.2) is 23.4 Å². The molecule has 3 aliphatic rings. The standard InChI is InChI=1S/C19H26O2/c20-18(17-8-7-14-5-1-2-6-16(14)17)15-9-12-21-19(13-15)10-3-4-11-19/h1-2,5-6,15,17-18,20H,3-4,7-13H2. The molecule has 4 rings (SSSR count). The lowest BCUT2D eigenvalue weighted by molar-refractivity contribution is -0.115. The molecule has 1 aromatic carbocycles. The van der Waals surface area contributed by atoms with Crippen LogP contribution in [0.15, 0.2) is 24.3 Å². The van der Waals surface area contributed by atoms with Crippen molar-refractivity contribution in [2.45, 2.75) is 69.0 Å². The lowest BCUT2D eigenvalue weighted by Gasteiger charge is -2.41. The van der Waals surface area contributed by atoms with Gasteiger partial charge in [-0.2, -0.15) is 0 Å². The van der Waals surface area contributed by atoms with Crippen molar-refractivity contribution in [2.75, 3.05) is 6.61 Å². The van der Waals surface area contributed by atoms with E-state index in [0.29, 0.717) is 11.8 Å². The third kappa shape index (κ3) is 2.43. The second-order valence-electron chi connectivity index (χ2n) is 7.33. The van der Waals surface area contributed by atoms with Crippen LogP contribution in [0.4, 0.5) is 0 Å². The zero-order valence-corrected chi connectivity index (χ0v) is 12.8. The predicted molar refractivity (Wildman–Crippen MR) is 83.4 cm³/mol. The zero-order chi connectivity index (χ0) is 14.3. The Bertz CT molecular complexity index is 504. The van der Waals surface area contributed by atoms with Gasteiger partial charge in [0.05, 0.1) is 11.7 Å². The highest BCUT2D eigenvalue weighted by atomic mass is 16.5. The van der Waals surface area contributed by atoms with Crippen LogP contribution < -0.4 is 0 Å². The van der Waals surface area contributed by atoms with Crippen molar-refractivity contribution >= 4 is 0 Å². The molecule has 3 unspecified atom stereocenters. The molecular weight excluding hydrogens is 260 g/mol. The summed E-state index contributed by atoms with van der Waals surface area (Å²) in [6.07, 6.45) is 9.18. The number of hydrogen-bond acceptors (Lipinski definition) is 2. The molecule has 1 heterocycles. The van der Waals surface area contributed by atoms with Gasteiger partial charge in [0.2, 0.25) is 0 Å². The Morgan fingerprint density at radius 3 is 2.81 bits per heavy atom. The van der Waals surface area contributed by atoms with Crippen molar-refractivity contribution < 1.29 is 9.84 Å². The van der Waals surface area contributed by atoms with E-state index in [-0.39, 0.29) is 11.7 Å². The van der Waals surface area contributed by atoms with Crippen LogP contribution in [0.1, 0.15) is 62.0 Å². The summed E-state index contributed by atoms with van der Waals surface area (Å²) in [6, 6.07) is 8.69. The normalized spacial score (nSPS) is 32.2. The largest absolute Gasteiger partial charge is 0.392 e. The third-order valence-electron chi connectivity index (χ3n) is 6.12. The maximum Gasteiger partial charge on any atom is 0.0686 e. The fraction of sp³-hybridized carbons (Fsp3) is 0.684. The number of hydrogen-bond donors (Lipinski definition) is 1. The number of fused-ring (bicyclic) bond motifs is 1. The van der Waals surface area contributed by atoms with Gasteiger partial charge in [0, 0.05) is 12.5 Å². The van der Waals surface area contributed by atoms with Gasteiger partial charge in [0.25, 0.3) is 0 Å². The molecule has 1 aliphatic heterocycles. The van der Waals surface area contributed by atoms with Gasteiger partial charge < -0.3 is 9.84 Å². The molecule has 2 heteroatoms. The van der Waals surface area contributed by atoms with E-state index in [1.807, 2.05) is 0 Å². The van der Waals surface area contributed by atoms with Crippen LogP contribution >= 0.6 is 0 Å². The van der Waals surface area contributed by atoms with Crippen LogP contribution in [0, 0.1) is 5.92 Å². The fourth-order valence-corrected chi connectivity index (χ4v) is 5.00. The van der Waals surface area contributed by atoms with Gasteiger partial charge >= 0.3 is 0 Å². The molecule has 1 N–H and O–H groups in total. The average Bonchev–Trinajstić information content (AvgIpc) is 3.14. The number of aryl methyl sites for hydroxylation is 1. The smallest absolute Gasteiger partial charge is 0.0686 e. The van der Waals surface area contributed by atoms with Crippen molar-refractivity contribution in [1.82, 2.24) is 0 Å².